The standard InChI is InChI=1S/C25H31FN4O2.C2H2O4/c26-11-18-32-24-10-4-3-9-23(24)30-16-14-29(15-17-30)13-6-5-12-27-25(31)21-19-28-22-8-2-1-7-20(21)22;3-1(4)2(5)6/h1-4,7-10,19,28H,5-6,11-18H2,(H,27,31);(H,3,4)(H,5,6). The molecule has 0 spiro atoms. The number of halogens is 1. The summed E-state index contributed by atoms with van der Waals surface area (Å²) < 4.78 is 18.0. The molecule has 38 heavy (non-hydrogen) atoms. The maximum atomic E-state index is 12.5. The number of rotatable bonds is 10. The zero-order valence-electron chi connectivity index (χ0n) is 21.1. The summed E-state index contributed by atoms with van der Waals surface area (Å²) in [5.41, 5.74) is 2.72. The van der Waals surface area contributed by atoms with Crippen LogP contribution in [0.3, 0.4) is 0 Å². The zero-order chi connectivity index (χ0) is 27.3. The Morgan fingerprint density at radius 3 is 2.34 bits per heavy atom. The number of unbranched alkanes of at least 4 members (excludes halogenated alkanes) is 1. The minimum atomic E-state index is -1.82. The number of hydrogen-bond acceptors (Lipinski definition) is 6. The molecule has 3 aromatic rings. The van der Waals surface area contributed by atoms with E-state index in [1.165, 1.54) is 0 Å². The van der Waals surface area contributed by atoms with Gasteiger partial charge in [0.15, 0.2) is 0 Å². The lowest BCUT2D eigenvalue weighted by Gasteiger charge is -2.36. The Balaban J connectivity index is 0.000000599. The van der Waals surface area contributed by atoms with Crippen molar-refractivity contribution in [3.63, 3.8) is 0 Å². The van der Waals surface area contributed by atoms with E-state index in [0.717, 1.165) is 67.9 Å². The van der Waals surface area contributed by atoms with Crippen LogP contribution >= 0.6 is 0 Å². The summed E-state index contributed by atoms with van der Waals surface area (Å²) in [4.78, 5) is 38.6. The molecule has 4 N–H and O–H groups in total. The molecule has 0 unspecified atom stereocenters. The SMILES string of the molecule is O=C(NCCCCN1CCN(c2ccccc2OCCF)CC1)c1c[nH]c2ccccc12.O=C(O)C(=O)O. The van der Waals surface area contributed by atoms with Gasteiger partial charge in [0.25, 0.3) is 5.91 Å². The number of ether oxygens (including phenoxy) is 1. The first-order chi connectivity index (χ1) is 18.4. The van der Waals surface area contributed by atoms with Gasteiger partial charge >= 0.3 is 11.9 Å². The number of benzene rings is 2. The molecule has 0 atom stereocenters. The maximum Gasteiger partial charge on any atom is 0.414 e. The summed E-state index contributed by atoms with van der Waals surface area (Å²) in [6, 6.07) is 15.7. The number of alkyl halides is 1. The first kappa shape index (κ1) is 28.5. The summed E-state index contributed by atoms with van der Waals surface area (Å²) in [5.74, 6) is -2.92. The Kier molecular flexibility index (Phi) is 10.9. The monoisotopic (exact) mass is 528 g/mol. The molecule has 1 amide bonds. The smallest absolute Gasteiger partial charge is 0.414 e. The van der Waals surface area contributed by atoms with Crippen molar-refractivity contribution in [2.24, 2.45) is 0 Å². The third-order valence-corrected chi connectivity index (χ3v) is 6.12. The van der Waals surface area contributed by atoms with Crippen molar-refractivity contribution in [2.45, 2.75) is 12.8 Å². The van der Waals surface area contributed by atoms with E-state index in [0.29, 0.717) is 12.1 Å². The molecule has 1 fully saturated rings. The van der Waals surface area contributed by atoms with Crippen molar-refractivity contribution < 1.29 is 33.7 Å². The van der Waals surface area contributed by atoms with E-state index in [4.69, 9.17) is 24.5 Å². The summed E-state index contributed by atoms with van der Waals surface area (Å²) in [7, 11) is 0. The lowest BCUT2D eigenvalue weighted by atomic mass is 10.1. The molecule has 1 aliphatic rings. The number of hydrogen-bond donors (Lipinski definition) is 4. The Hall–Kier alpha value is -4.12. The Labute approximate surface area is 220 Å². The second-order valence-corrected chi connectivity index (χ2v) is 8.66. The van der Waals surface area contributed by atoms with Gasteiger partial charge in [-0.2, -0.15) is 0 Å². The van der Waals surface area contributed by atoms with Gasteiger partial charge < -0.3 is 30.2 Å². The first-order valence-corrected chi connectivity index (χ1v) is 12.5. The zero-order valence-corrected chi connectivity index (χ0v) is 21.1. The molecule has 2 heterocycles. The highest BCUT2D eigenvalue weighted by molar-refractivity contribution is 6.27. The molecule has 1 aliphatic heterocycles. The molecule has 0 bridgehead atoms. The quantitative estimate of drug-likeness (QED) is 0.233. The van der Waals surface area contributed by atoms with Gasteiger partial charge in [-0.1, -0.05) is 30.3 Å². The summed E-state index contributed by atoms with van der Waals surface area (Å²) in [6.45, 7) is 5.13. The maximum absolute atomic E-state index is 12.5. The van der Waals surface area contributed by atoms with Crippen LogP contribution in [0.4, 0.5) is 10.1 Å². The van der Waals surface area contributed by atoms with Crippen LogP contribution < -0.4 is 15.0 Å². The number of anilines is 1. The number of carbonyl (C=O) groups is 3. The van der Waals surface area contributed by atoms with Gasteiger partial charge in [-0.05, 0) is 37.6 Å². The number of para-hydroxylation sites is 3. The van der Waals surface area contributed by atoms with Crippen LogP contribution in [-0.2, 0) is 9.59 Å². The van der Waals surface area contributed by atoms with Crippen LogP contribution in [0.15, 0.2) is 54.7 Å². The fourth-order valence-electron chi connectivity index (χ4n) is 4.22. The number of aliphatic carboxylic acids is 2. The Morgan fingerprint density at radius 2 is 1.63 bits per heavy atom. The van der Waals surface area contributed by atoms with E-state index in [1.54, 1.807) is 6.20 Å². The van der Waals surface area contributed by atoms with Gasteiger partial charge in [0.2, 0.25) is 0 Å². The fourth-order valence-corrected chi connectivity index (χ4v) is 4.22. The van der Waals surface area contributed by atoms with Crippen LogP contribution in [0.25, 0.3) is 10.9 Å². The van der Waals surface area contributed by atoms with Crippen LogP contribution in [0, 0.1) is 0 Å². The second kappa shape index (κ2) is 14.6. The average Bonchev–Trinajstić information content (AvgIpc) is 3.37. The van der Waals surface area contributed by atoms with E-state index >= 15 is 0 Å². The van der Waals surface area contributed by atoms with Crippen LogP contribution in [0.2, 0.25) is 0 Å². The predicted octanol–water partition coefficient (Wildman–Crippen LogP) is 3.00. The van der Waals surface area contributed by atoms with Crippen molar-refractivity contribution in [1.82, 2.24) is 15.2 Å². The number of fused-ring (bicyclic) bond motifs is 1. The molecule has 4 rings (SSSR count). The number of amides is 1. The van der Waals surface area contributed by atoms with E-state index < -0.39 is 18.6 Å². The minimum Gasteiger partial charge on any atom is -0.489 e. The lowest BCUT2D eigenvalue weighted by Crippen LogP contribution is -2.46. The summed E-state index contributed by atoms with van der Waals surface area (Å²) in [6.07, 6.45) is 3.78. The van der Waals surface area contributed by atoms with E-state index in [9.17, 15) is 9.18 Å². The van der Waals surface area contributed by atoms with Gasteiger partial charge in [0.05, 0.1) is 11.3 Å². The van der Waals surface area contributed by atoms with Gasteiger partial charge in [0, 0.05) is 49.8 Å². The van der Waals surface area contributed by atoms with Crippen molar-refractivity contribution >= 4 is 34.4 Å². The van der Waals surface area contributed by atoms with E-state index in [-0.39, 0.29) is 12.5 Å². The highest BCUT2D eigenvalue weighted by atomic mass is 19.1. The number of aromatic amines is 1. The fraction of sp³-hybridized carbons (Fsp3) is 0.370. The van der Waals surface area contributed by atoms with E-state index in [1.807, 2.05) is 48.5 Å². The molecule has 2 aromatic carbocycles. The molecule has 204 valence electrons. The molecular weight excluding hydrogens is 495 g/mol. The second-order valence-electron chi connectivity index (χ2n) is 8.66. The van der Waals surface area contributed by atoms with E-state index in [2.05, 4.69) is 20.1 Å². The van der Waals surface area contributed by atoms with Gasteiger partial charge in [-0.15, -0.1) is 0 Å². The highest BCUT2D eigenvalue weighted by Gasteiger charge is 2.19. The third-order valence-electron chi connectivity index (χ3n) is 6.12. The van der Waals surface area contributed by atoms with Crippen LogP contribution in [0.5, 0.6) is 5.75 Å². The van der Waals surface area contributed by atoms with Crippen LogP contribution in [0.1, 0.15) is 23.2 Å². The number of H-pyrrole nitrogens is 1. The van der Waals surface area contributed by atoms with Gasteiger partial charge in [-0.25, -0.2) is 14.0 Å². The lowest BCUT2D eigenvalue weighted by molar-refractivity contribution is -0.159. The predicted molar refractivity (Wildman–Crippen MR) is 142 cm³/mol. The number of carboxylic acids is 2. The van der Waals surface area contributed by atoms with Crippen molar-refractivity contribution in [3.05, 3.63) is 60.3 Å². The molecular formula is C27H33FN4O6. The van der Waals surface area contributed by atoms with Crippen LogP contribution in [-0.4, -0.2) is 90.5 Å². The molecule has 1 saturated heterocycles. The normalized spacial score (nSPS) is 13.4. The summed E-state index contributed by atoms with van der Waals surface area (Å²) >= 11 is 0. The van der Waals surface area contributed by atoms with Crippen molar-refractivity contribution in [2.75, 3.05) is 57.4 Å². The largest absolute Gasteiger partial charge is 0.489 e. The minimum absolute atomic E-state index is 0.0234. The topological polar surface area (TPSA) is 135 Å². The number of carbonyl (C=O) groups excluding carboxylic acids is 1. The number of piperazine rings is 1. The third kappa shape index (κ3) is 8.20. The molecule has 11 heteroatoms. The highest BCUT2D eigenvalue weighted by Crippen LogP contribution is 2.28. The molecule has 1 aromatic heterocycles. The Morgan fingerprint density at radius 1 is 0.947 bits per heavy atom. The number of aromatic nitrogens is 1. The Bertz CT molecular complexity index is 1200. The average molecular weight is 529 g/mol. The molecule has 0 saturated carbocycles. The number of nitrogens with zero attached hydrogens (tertiary/aromatic N) is 2. The van der Waals surface area contributed by atoms with Crippen molar-refractivity contribution in [3.8, 4) is 5.75 Å². The number of nitrogens with one attached hydrogen (secondary N) is 2. The van der Waals surface area contributed by atoms with Gasteiger partial charge in [0.1, 0.15) is 19.0 Å². The molecule has 10 nitrogen and oxygen atoms in total. The van der Waals surface area contributed by atoms with Gasteiger partial charge in [-0.3, -0.25) is 9.69 Å². The molecule has 0 radical (unpaired) electrons. The molecule has 0 aliphatic carbocycles. The van der Waals surface area contributed by atoms with Crippen molar-refractivity contribution in [1.29, 1.82) is 0 Å². The number of carboxylic acid groups (broad SMARTS) is 2. The summed E-state index contributed by atoms with van der Waals surface area (Å²) in [5, 5.41) is 18.8. The first-order valence-electron chi connectivity index (χ1n) is 12.5.